The Hall–Kier alpha value is -1.81. The Bertz CT molecular complexity index is 794. The highest BCUT2D eigenvalue weighted by atomic mass is 32.2. The zero-order valence-electron chi connectivity index (χ0n) is 15.3. The number of amides is 1. The fraction of sp³-hybridized carbons (Fsp3) is 0.588. The van der Waals surface area contributed by atoms with E-state index in [0.29, 0.717) is 12.8 Å². The Morgan fingerprint density at radius 2 is 1.93 bits per heavy atom. The van der Waals surface area contributed by atoms with Crippen molar-refractivity contribution in [3.05, 3.63) is 18.2 Å². The third-order valence-corrected chi connectivity index (χ3v) is 6.53. The molecular formula is C17H23F3N2O4S. The molecule has 27 heavy (non-hydrogen) atoms. The number of anilines is 1. The van der Waals surface area contributed by atoms with Crippen LogP contribution in [0.4, 0.5) is 18.9 Å². The van der Waals surface area contributed by atoms with Crippen LogP contribution in [0.25, 0.3) is 0 Å². The molecule has 0 spiro atoms. The van der Waals surface area contributed by atoms with Gasteiger partial charge in [0.1, 0.15) is 10.6 Å². The molecule has 1 saturated carbocycles. The minimum Gasteiger partial charge on any atom is -0.495 e. The smallest absolute Gasteiger partial charge is 0.391 e. The van der Waals surface area contributed by atoms with E-state index in [1.165, 1.54) is 39.4 Å². The number of methoxy groups -OCH3 is 1. The highest BCUT2D eigenvalue weighted by Crippen LogP contribution is 2.40. The highest BCUT2D eigenvalue weighted by molar-refractivity contribution is 7.89. The van der Waals surface area contributed by atoms with Crippen LogP contribution in [0.2, 0.25) is 0 Å². The monoisotopic (exact) mass is 408 g/mol. The SMILES string of the molecule is COc1ccc(NC(=O)[C@H]2CCC[C@H](C(F)(F)F)C2)cc1S(=O)(=O)N(C)C. The van der Waals surface area contributed by atoms with E-state index in [2.05, 4.69) is 5.32 Å². The largest absolute Gasteiger partial charge is 0.495 e. The van der Waals surface area contributed by atoms with Crippen LogP contribution in [0, 0.1) is 11.8 Å². The summed E-state index contributed by atoms with van der Waals surface area (Å²) < 4.78 is 69.7. The Labute approximate surface area is 156 Å². The average molecular weight is 408 g/mol. The number of halogens is 3. The van der Waals surface area contributed by atoms with Crippen molar-refractivity contribution in [1.29, 1.82) is 0 Å². The topological polar surface area (TPSA) is 75.7 Å². The summed E-state index contributed by atoms with van der Waals surface area (Å²) in [7, 11) is 0.219. The van der Waals surface area contributed by atoms with Gasteiger partial charge in [-0.25, -0.2) is 12.7 Å². The molecule has 1 aromatic carbocycles. The molecule has 1 aliphatic carbocycles. The van der Waals surface area contributed by atoms with Crippen molar-refractivity contribution in [2.75, 3.05) is 26.5 Å². The van der Waals surface area contributed by atoms with Gasteiger partial charge in [-0.2, -0.15) is 13.2 Å². The number of alkyl halides is 3. The van der Waals surface area contributed by atoms with E-state index in [4.69, 9.17) is 4.74 Å². The quantitative estimate of drug-likeness (QED) is 0.812. The van der Waals surface area contributed by atoms with Crippen molar-refractivity contribution in [3.8, 4) is 5.75 Å². The first-order valence-corrected chi connectivity index (χ1v) is 9.89. The lowest BCUT2D eigenvalue weighted by molar-refractivity contribution is -0.185. The molecule has 1 amide bonds. The maximum absolute atomic E-state index is 12.9. The summed E-state index contributed by atoms with van der Waals surface area (Å²) in [6.45, 7) is 0. The number of nitrogens with one attached hydrogen (secondary N) is 1. The molecule has 2 rings (SSSR count). The molecule has 1 aliphatic rings. The Kier molecular flexibility index (Phi) is 6.41. The van der Waals surface area contributed by atoms with Gasteiger partial charge >= 0.3 is 6.18 Å². The zero-order chi connectivity index (χ0) is 20.4. The number of hydrogen-bond acceptors (Lipinski definition) is 4. The zero-order valence-corrected chi connectivity index (χ0v) is 16.2. The van der Waals surface area contributed by atoms with Crippen molar-refractivity contribution in [3.63, 3.8) is 0 Å². The molecule has 0 heterocycles. The van der Waals surface area contributed by atoms with E-state index in [1.807, 2.05) is 0 Å². The Morgan fingerprint density at radius 3 is 2.48 bits per heavy atom. The summed E-state index contributed by atoms with van der Waals surface area (Å²) in [6.07, 6.45) is -3.84. The molecule has 2 atom stereocenters. The third kappa shape index (κ3) is 4.92. The number of nitrogens with zero attached hydrogens (tertiary/aromatic N) is 1. The number of carbonyl (C=O) groups is 1. The summed E-state index contributed by atoms with van der Waals surface area (Å²) in [5.74, 6) is -2.68. The maximum atomic E-state index is 12.9. The minimum atomic E-state index is -4.31. The van der Waals surface area contributed by atoms with E-state index in [-0.39, 0.29) is 29.2 Å². The van der Waals surface area contributed by atoms with Crippen LogP contribution in [0.5, 0.6) is 5.75 Å². The van der Waals surface area contributed by atoms with E-state index in [1.54, 1.807) is 0 Å². The van der Waals surface area contributed by atoms with E-state index >= 15 is 0 Å². The number of ether oxygens (including phenoxy) is 1. The first-order chi connectivity index (χ1) is 12.5. The van der Waals surface area contributed by atoms with E-state index in [0.717, 1.165) is 4.31 Å². The van der Waals surface area contributed by atoms with Crippen molar-refractivity contribution in [1.82, 2.24) is 4.31 Å². The summed E-state index contributed by atoms with van der Waals surface area (Å²) in [6, 6.07) is 4.09. The molecule has 152 valence electrons. The summed E-state index contributed by atoms with van der Waals surface area (Å²) in [4.78, 5) is 12.3. The summed E-state index contributed by atoms with van der Waals surface area (Å²) >= 11 is 0. The van der Waals surface area contributed by atoms with E-state index < -0.39 is 33.9 Å². The van der Waals surface area contributed by atoms with Crippen LogP contribution in [0.1, 0.15) is 25.7 Å². The van der Waals surface area contributed by atoms with Gasteiger partial charge in [-0.1, -0.05) is 6.42 Å². The summed E-state index contributed by atoms with van der Waals surface area (Å²) in [5.41, 5.74) is 0.190. The minimum absolute atomic E-state index is 0.0288. The molecular weight excluding hydrogens is 385 g/mol. The van der Waals surface area contributed by atoms with Crippen LogP contribution in [0.15, 0.2) is 23.1 Å². The molecule has 0 aromatic heterocycles. The van der Waals surface area contributed by atoms with Crippen LogP contribution in [-0.4, -0.2) is 46.0 Å². The molecule has 0 saturated heterocycles. The van der Waals surface area contributed by atoms with Crippen LogP contribution in [-0.2, 0) is 14.8 Å². The fourth-order valence-corrected chi connectivity index (χ4v) is 4.20. The molecule has 0 radical (unpaired) electrons. The molecule has 0 bridgehead atoms. The molecule has 1 fully saturated rings. The van der Waals surface area contributed by atoms with Crippen LogP contribution >= 0.6 is 0 Å². The lowest BCUT2D eigenvalue weighted by Gasteiger charge is -2.29. The van der Waals surface area contributed by atoms with Crippen molar-refractivity contribution in [2.45, 2.75) is 36.8 Å². The molecule has 0 aliphatic heterocycles. The number of hydrogen-bond donors (Lipinski definition) is 1. The molecule has 1 aromatic rings. The fourth-order valence-electron chi connectivity index (χ4n) is 3.12. The number of carbonyl (C=O) groups excluding carboxylic acids is 1. The Balaban J connectivity index is 2.21. The lowest BCUT2D eigenvalue weighted by Crippen LogP contribution is -2.34. The van der Waals surface area contributed by atoms with Gasteiger partial charge in [-0.15, -0.1) is 0 Å². The standard InChI is InChI=1S/C17H23F3N2O4S/c1-22(2)27(24,25)15-10-13(7-8-14(15)26-3)21-16(23)11-5-4-6-12(9-11)17(18,19)20/h7-8,10-12H,4-6,9H2,1-3H3,(H,21,23)/t11-,12-/m0/s1. The molecule has 0 unspecified atom stereocenters. The molecule has 6 nitrogen and oxygen atoms in total. The maximum Gasteiger partial charge on any atom is 0.391 e. The second-order valence-corrected chi connectivity index (χ2v) is 8.86. The lowest BCUT2D eigenvalue weighted by atomic mass is 9.80. The number of benzene rings is 1. The second-order valence-electron chi connectivity index (χ2n) is 6.74. The van der Waals surface area contributed by atoms with Gasteiger partial charge in [0.25, 0.3) is 0 Å². The van der Waals surface area contributed by atoms with Gasteiger partial charge in [0, 0.05) is 25.7 Å². The van der Waals surface area contributed by atoms with Crippen LogP contribution < -0.4 is 10.1 Å². The third-order valence-electron chi connectivity index (χ3n) is 4.70. The van der Waals surface area contributed by atoms with E-state index in [9.17, 15) is 26.4 Å². The van der Waals surface area contributed by atoms with Gasteiger partial charge in [0.05, 0.1) is 13.0 Å². The first kappa shape index (κ1) is 21.5. The van der Waals surface area contributed by atoms with Crippen LogP contribution in [0.3, 0.4) is 0 Å². The van der Waals surface area contributed by atoms with Crippen molar-refractivity contribution < 1.29 is 31.1 Å². The molecule has 1 N–H and O–H groups in total. The first-order valence-electron chi connectivity index (χ1n) is 8.45. The summed E-state index contributed by atoms with van der Waals surface area (Å²) in [5, 5.41) is 2.54. The predicted octanol–water partition coefficient (Wildman–Crippen LogP) is 3.25. The van der Waals surface area contributed by atoms with Crippen molar-refractivity contribution >= 4 is 21.6 Å². The second kappa shape index (κ2) is 8.05. The van der Waals surface area contributed by atoms with Gasteiger partial charge in [-0.3, -0.25) is 4.79 Å². The Morgan fingerprint density at radius 1 is 1.26 bits per heavy atom. The molecule has 10 heteroatoms. The van der Waals surface area contributed by atoms with Gasteiger partial charge < -0.3 is 10.1 Å². The van der Waals surface area contributed by atoms with Gasteiger partial charge in [0.2, 0.25) is 15.9 Å². The number of rotatable bonds is 5. The van der Waals surface area contributed by atoms with Gasteiger partial charge in [-0.05, 0) is 37.5 Å². The average Bonchev–Trinajstić information content (AvgIpc) is 2.60. The number of sulfonamides is 1. The highest BCUT2D eigenvalue weighted by Gasteiger charge is 2.43. The van der Waals surface area contributed by atoms with Crippen molar-refractivity contribution in [2.24, 2.45) is 11.8 Å². The normalized spacial score (nSPS) is 21.1. The van der Waals surface area contributed by atoms with Gasteiger partial charge in [0.15, 0.2) is 0 Å². The predicted molar refractivity (Wildman–Crippen MR) is 94.0 cm³/mol.